The van der Waals surface area contributed by atoms with E-state index in [0.29, 0.717) is 28.1 Å². The number of benzene rings is 7. The van der Waals surface area contributed by atoms with Crippen molar-refractivity contribution in [2.45, 2.75) is 0 Å². The second-order valence-corrected chi connectivity index (χ2v) is 12.5. The lowest BCUT2D eigenvalue weighted by molar-refractivity contribution is 0.669. The summed E-state index contributed by atoms with van der Waals surface area (Å²) in [4.78, 5) is 14.1. The molecule has 0 N–H and O–H groups in total. The van der Waals surface area contributed by atoms with E-state index in [4.69, 9.17) is 25.7 Å². The van der Waals surface area contributed by atoms with Crippen LogP contribution in [0.1, 0.15) is 6.85 Å². The second-order valence-electron chi connectivity index (χ2n) is 12.5. The summed E-state index contributed by atoms with van der Waals surface area (Å²) in [6.07, 6.45) is 0. The van der Waals surface area contributed by atoms with Crippen LogP contribution in [-0.4, -0.2) is 19.5 Å². The Balaban J connectivity index is 1.10. The number of rotatable bonds is 4. The van der Waals surface area contributed by atoms with E-state index < -0.39 is 18.1 Å². The van der Waals surface area contributed by atoms with E-state index in [-0.39, 0.29) is 29.3 Å². The average Bonchev–Trinajstić information content (AvgIpc) is 3.91. The van der Waals surface area contributed by atoms with E-state index in [9.17, 15) is 0 Å². The minimum Gasteiger partial charge on any atom is -0.456 e. The Bertz CT molecular complexity index is 3420. The van der Waals surface area contributed by atoms with Gasteiger partial charge in [-0.05, 0) is 48.5 Å². The number of aromatic nitrogens is 4. The molecule has 0 atom stereocenters. The predicted molar refractivity (Wildman–Crippen MR) is 205 cm³/mol. The highest BCUT2D eigenvalue weighted by Crippen LogP contribution is 2.41. The van der Waals surface area contributed by atoms with Crippen LogP contribution in [0.4, 0.5) is 0 Å². The number of hydrogen-bond acceptors (Lipinski definition) is 5. The Morgan fingerprint density at radius 2 is 1.12 bits per heavy atom. The molecule has 0 amide bonds. The lowest BCUT2D eigenvalue weighted by Crippen LogP contribution is -2.00. The SMILES string of the molecule is [2H]c1c([2H])c([2H])c(-c2nc(-c3ccccc3)nc(-c3ccc4c(c3)oc3ccc(-n5c6ccccc6c6ccc7c8ccccc8oc7c65)cc34)n2)c([2H])c1[2H]. The lowest BCUT2D eigenvalue weighted by Gasteiger charge is -2.08. The molecule has 0 fully saturated rings. The van der Waals surface area contributed by atoms with Crippen molar-refractivity contribution in [1.29, 1.82) is 0 Å². The first kappa shape index (κ1) is 23.3. The Labute approximate surface area is 297 Å². The summed E-state index contributed by atoms with van der Waals surface area (Å²) in [5, 5.41) is 6.17. The van der Waals surface area contributed by atoms with Crippen molar-refractivity contribution in [3.05, 3.63) is 158 Å². The highest BCUT2D eigenvalue weighted by Gasteiger charge is 2.20. The smallest absolute Gasteiger partial charge is 0.164 e. The lowest BCUT2D eigenvalue weighted by atomic mass is 10.1. The molecule has 6 heteroatoms. The molecular weight excluding hydrogens is 629 g/mol. The molecule has 6 nitrogen and oxygen atoms in total. The number of fused-ring (bicyclic) bond motifs is 10. The zero-order chi connectivity index (χ0) is 37.8. The quantitative estimate of drug-likeness (QED) is 0.188. The van der Waals surface area contributed by atoms with Crippen molar-refractivity contribution in [3.8, 4) is 39.9 Å². The molecule has 0 radical (unpaired) electrons. The summed E-state index contributed by atoms with van der Waals surface area (Å²) in [5.41, 5.74) is 7.20. The Morgan fingerprint density at radius 1 is 0.451 bits per heavy atom. The summed E-state index contributed by atoms with van der Waals surface area (Å²) in [5.74, 6) is 0.547. The molecule has 238 valence electrons. The first-order valence-electron chi connectivity index (χ1n) is 19.0. The first-order valence-corrected chi connectivity index (χ1v) is 16.5. The third-order valence-corrected chi connectivity index (χ3v) is 9.54. The van der Waals surface area contributed by atoms with Crippen LogP contribution in [0.5, 0.6) is 0 Å². The van der Waals surface area contributed by atoms with E-state index in [1.54, 1.807) is 0 Å². The van der Waals surface area contributed by atoms with Gasteiger partial charge in [-0.3, -0.25) is 0 Å². The van der Waals surface area contributed by atoms with Crippen molar-refractivity contribution in [1.82, 2.24) is 19.5 Å². The Hall–Kier alpha value is -7.05. The van der Waals surface area contributed by atoms with E-state index >= 15 is 0 Å². The highest BCUT2D eigenvalue weighted by molar-refractivity contribution is 6.21. The minimum atomic E-state index is -0.485. The van der Waals surface area contributed by atoms with Crippen LogP contribution in [0.3, 0.4) is 0 Å². The molecule has 4 heterocycles. The number of para-hydroxylation sites is 2. The van der Waals surface area contributed by atoms with Crippen LogP contribution in [-0.2, 0) is 0 Å². The number of furan rings is 2. The molecule has 51 heavy (non-hydrogen) atoms. The molecule has 11 rings (SSSR count). The minimum absolute atomic E-state index is 0.0232. The van der Waals surface area contributed by atoms with Crippen LogP contribution in [0.2, 0.25) is 0 Å². The molecule has 0 aliphatic heterocycles. The maximum atomic E-state index is 8.62. The molecule has 11 aromatic rings. The normalized spacial score (nSPS) is 13.3. The van der Waals surface area contributed by atoms with Gasteiger partial charge < -0.3 is 13.4 Å². The van der Waals surface area contributed by atoms with Crippen molar-refractivity contribution in [2.24, 2.45) is 0 Å². The van der Waals surface area contributed by atoms with Gasteiger partial charge in [-0.1, -0.05) is 109 Å². The molecule has 7 aromatic carbocycles. The second kappa shape index (κ2) is 10.7. The van der Waals surface area contributed by atoms with Gasteiger partial charge in [-0.25, -0.2) is 15.0 Å². The summed E-state index contributed by atoms with van der Waals surface area (Å²) >= 11 is 0. The fourth-order valence-corrected chi connectivity index (χ4v) is 7.24. The maximum absolute atomic E-state index is 8.62. The number of hydrogen-bond donors (Lipinski definition) is 0. The van der Waals surface area contributed by atoms with Crippen molar-refractivity contribution in [2.75, 3.05) is 0 Å². The summed E-state index contributed by atoms with van der Waals surface area (Å²) in [6.45, 7) is 0. The van der Waals surface area contributed by atoms with Crippen molar-refractivity contribution >= 4 is 65.7 Å². The zero-order valence-corrected chi connectivity index (χ0v) is 26.7. The van der Waals surface area contributed by atoms with Gasteiger partial charge in [0, 0.05) is 54.7 Å². The third kappa shape index (κ3) is 4.26. The van der Waals surface area contributed by atoms with Gasteiger partial charge >= 0.3 is 0 Å². The third-order valence-electron chi connectivity index (χ3n) is 9.54. The number of nitrogens with zero attached hydrogens (tertiary/aromatic N) is 4. The molecule has 0 spiro atoms. The monoisotopic (exact) mass is 659 g/mol. The molecule has 0 saturated heterocycles. The molecule has 0 aliphatic carbocycles. The maximum Gasteiger partial charge on any atom is 0.164 e. The molecule has 0 aliphatic rings. The van der Waals surface area contributed by atoms with Crippen LogP contribution in [0.25, 0.3) is 106 Å². The Morgan fingerprint density at radius 3 is 1.98 bits per heavy atom. The van der Waals surface area contributed by atoms with E-state index in [2.05, 4.69) is 64.1 Å². The molecule has 0 bridgehead atoms. The van der Waals surface area contributed by atoms with Gasteiger partial charge in [0.05, 0.1) is 17.9 Å². The zero-order valence-electron chi connectivity index (χ0n) is 31.7. The van der Waals surface area contributed by atoms with E-state index in [0.717, 1.165) is 60.2 Å². The molecule has 4 aromatic heterocycles. The standard InChI is InChI=1S/C45H26N4O2/c1-3-11-27(12-4-1)43-46-44(28-13-5-2-6-14-28)48-45(47-43)29-19-21-33-36-26-30(20-24-39(36)50-40(33)25-29)49-37-17-9-7-15-31(37)34-22-23-35-32-16-8-10-18-38(32)51-42(35)41(34)49/h1-26H/i1D,3D,4D,11D,12D. The summed E-state index contributed by atoms with van der Waals surface area (Å²) < 4.78 is 57.1. The van der Waals surface area contributed by atoms with Gasteiger partial charge in [0.2, 0.25) is 0 Å². The van der Waals surface area contributed by atoms with Crippen LogP contribution < -0.4 is 0 Å². The first-order chi connectivity index (χ1) is 27.3. The van der Waals surface area contributed by atoms with Crippen molar-refractivity contribution in [3.63, 3.8) is 0 Å². The average molecular weight is 660 g/mol. The van der Waals surface area contributed by atoms with Crippen molar-refractivity contribution < 1.29 is 15.7 Å². The van der Waals surface area contributed by atoms with Gasteiger partial charge in [0.25, 0.3) is 0 Å². The largest absolute Gasteiger partial charge is 0.456 e. The van der Waals surface area contributed by atoms with Gasteiger partial charge in [-0.2, -0.15) is 0 Å². The van der Waals surface area contributed by atoms with Crippen LogP contribution >= 0.6 is 0 Å². The van der Waals surface area contributed by atoms with Gasteiger partial charge in [0.1, 0.15) is 16.7 Å². The summed E-state index contributed by atoms with van der Waals surface area (Å²) in [6, 6.07) is 39.8. The molecule has 0 saturated carbocycles. The summed E-state index contributed by atoms with van der Waals surface area (Å²) in [7, 11) is 0. The van der Waals surface area contributed by atoms with Crippen LogP contribution in [0.15, 0.2) is 166 Å². The Kier molecular flexibility index (Phi) is 4.91. The topological polar surface area (TPSA) is 69.9 Å². The fraction of sp³-hybridized carbons (Fsp3) is 0. The van der Waals surface area contributed by atoms with Crippen LogP contribution in [0, 0.1) is 0 Å². The molecular formula is C45H26N4O2. The predicted octanol–water partition coefficient (Wildman–Crippen LogP) is 11.8. The van der Waals surface area contributed by atoms with Gasteiger partial charge in [0.15, 0.2) is 23.1 Å². The highest BCUT2D eigenvalue weighted by atomic mass is 16.3. The molecule has 0 unspecified atom stereocenters. The fourth-order valence-electron chi connectivity index (χ4n) is 7.24. The van der Waals surface area contributed by atoms with E-state index in [1.165, 1.54) is 0 Å². The van der Waals surface area contributed by atoms with Gasteiger partial charge in [-0.15, -0.1) is 0 Å². The van der Waals surface area contributed by atoms with E-state index in [1.807, 2.05) is 72.8 Å².